The number of benzene rings is 1. The lowest BCUT2D eigenvalue weighted by Crippen LogP contribution is -2.09. The molecule has 0 saturated carbocycles. The van der Waals surface area contributed by atoms with Crippen LogP contribution in [0, 0.1) is 0 Å². The number of hydrogen-bond acceptors (Lipinski definition) is 3. The SMILES string of the molecule is CCOC(=O)Cc1cc(C(=O)CC)ccc1Br. The van der Waals surface area contributed by atoms with Crippen molar-refractivity contribution in [2.75, 3.05) is 6.61 Å². The second kappa shape index (κ2) is 6.55. The highest BCUT2D eigenvalue weighted by Gasteiger charge is 2.11. The summed E-state index contributed by atoms with van der Waals surface area (Å²) in [7, 11) is 0. The van der Waals surface area contributed by atoms with Gasteiger partial charge in [-0.2, -0.15) is 0 Å². The Kier molecular flexibility index (Phi) is 5.35. The number of hydrogen-bond donors (Lipinski definition) is 0. The molecule has 0 aliphatic heterocycles. The van der Waals surface area contributed by atoms with Gasteiger partial charge in [-0.25, -0.2) is 0 Å². The van der Waals surface area contributed by atoms with Gasteiger partial charge in [-0.1, -0.05) is 28.9 Å². The Balaban J connectivity index is 2.90. The van der Waals surface area contributed by atoms with Gasteiger partial charge in [-0.15, -0.1) is 0 Å². The van der Waals surface area contributed by atoms with Crippen molar-refractivity contribution < 1.29 is 14.3 Å². The average Bonchev–Trinajstić information content (AvgIpc) is 2.31. The molecule has 0 atom stereocenters. The van der Waals surface area contributed by atoms with Crippen LogP contribution < -0.4 is 0 Å². The largest absolute Gasteiger partial charge is 0.466 e. The Bertz CT molecular complexity index is 427. The number of rotatable bonds is 5. The predicted octanol–water partition coefficient (Wildman–Crippen LogP) is 3.15. The number of halogens is 1. The van der Waals surface area contributed by atoms with Crippen LogP contribution in [0.5, 0.6) is 0 Å². The van der Waals surface area contributed by atoms with E-state index in [-0.39, 0.29) is 18.2 Å². The summed E-state index contributed by atoms with van der Waals surface area (Å²) < 4.78 is 5.70. The van der Waals surface area contributed by atoms with E-state index in [2.05, 4.69) is 15.9 Å². The lowest BCUT2D eigenvalue weighted by atomic mass is 10.0. The molecule has 0 unspecified atom stereocenters. The third-order valence-electron chi connectivity index (χ3n) is 2.33. The lowest BCUT2D eigenvalue weighted by Gasteiger charge is -2.06. The molecule has 0 bridgehead atoms. The Labute approximate surface area is 109 Å². The van der Waals surface area contributed by atoms with E-state index in [0.717, 1.165) is 10.0 Å². The molecule has 1 aromatic rings. The van der Waals surface area contributed by atoms with Gasteiger partial charge >= 0.3 is 5.97 Å². The minimum Gasteiger partial charge on any atom is -0.466 e. The molecule has 1 rings (SSSR count). The zero-order valence-corrected chi connectivity index (χ0v) is 11.5. The molecular weight excluding hydrogens is 284 g/mol. The zero-order valence-electron chi connectivity index (χ0n) is 9.96. The summed E-state index contributed by atoms with van der Waals surface area (Å²) in [6.45, 7) is 3.95. The minimum atomic E-state index is -0.283. The van der Waals surface area contributed by atoms with Crippen molar-refractivity contribution >= 4 is 27.7 Å². The van der Waals surface area contributed by atoms with Crippen molar-refractivity contribution in [1.29, 1.82) is 0 Å². The van der Waals surface area contributed by atoms with Gasteiger partial charge in [0.25, 0.3) is 0 Å². The van der Waals surface area contributed by atoms with E-state index in [4.69, 9.17) is 4.74 Å². The van der Waals surface area contributed by atoms with Crippen molar-refractivity contribution in [3.8, 4) is 0 Å². The van der Waals surface area contributed by atoms with Crippen LogP contribution in [0.25, 0.3) is 0 Å². The Morgan fingerprint density at radius 1 is 1.29 bits per heavy atom. The molecule has 0 aromatic heterocycles. The van der Waals surface area contributed by atoms with Gasteiger partial charge in [-0.3, -0.25) is 9.59 Å². The molecule has 0 saturated heterocycles. The molecule has 0 heterocycles. The van der Waals surface area contributed by atoms with Gasteiger partial charge in [0, 0.05) is 16.5 Å². The van der Waals surface area contributed by atoms with E-state index in [0.29, 0.717) is 18.6 Å². The molecule has 3 nitrogen and oxygen atoms in total. The van der Waals surface area contributed by atoms with E-state index in [1.165, 1.54) is 0 Å². The first-order valence-corrected chi connectivity index (χ1v) is 6.35. The molecule has 0 aliphatic rings. The predicted molar refractivity (Wildman–Crippen MR) is 69.1 cm³/mol. The summed E-state index contributed by atoms with van der Waals surface area (Å²) in [6.07, 6.45) is 0.639. The molecule has 0 fully saturated rings. The van der Waals surface area contributed by atoms with E-state index < -0.39 is 0 Å². The number of esters is 1. The van der Waals surface area contributed by atoms with E-state index in [9.17, 15) is 9.59 Å². The van der Waals surface area contributed by atoms with Crippen molar-refractivity contribution in [2.24, 2.45) is 0 Å². The number of ketones is 1. The van der Waals surface area contributed by atoms with Gasteiger partial charge in [0.2, 0.25) is 0 Å². The molecule has 17 heavy (non-hydrogen) atoms. The van der Waals surface area contributed by atoms with Gasteiger partial charge in [0.05, 0.1) is 13.0 Å². The van der Waals surface area contributed by atoms with Gasteiger partial charge in [-0.05, 0) is 24.6 Å². The first-order valence-electron chi connectivity index (χ1n) is 5.55. The topological polar surface area (TPSA) is 43.4 Å². The number of ether oxygens (including phenoxy) is 1. The molecular formula is C13H15BrO3. The molecule has 0 radical (unpaired) electrons. The van der Waals surface area contributed by atoms with E-state index >= 15 is 0 Å². The van der Waals surface area contributed by atoms with E-state index in [1.807, 2.05) is 6.92 Å². The second-order valence-corrected chi connectivity index (χ2v) is 4.42. The normalized spacial score (nSPS) is 10.1. The summed E-state index contributed by atoms with van der Waals surface area (Å²) in [5.74, 6) is -0.211. The van der Waals surface area contributed by atoms with Crippen LogP contribution in [0.4, 0.5) is 0 Å². The van der Waals surface area contributed by atoms with Gasteiger partial charge < -0.3 is 4.74 Å². The highest BCUT2D eigenvalue weighted by Crippen LogP contribution is 2.20. The summed E-state index contributed by atoms with van der Waals surface area (Å²) in [6, 6.07) is 5.29. The number of carbonyl (C=O) groups is 2. The minimum absolute atomic E-state index is 0.0719. The molecule has 0 aliphatic carbocycles. The summed E-state index contributed by atoms with van der Waals surface area (Å²) >= 11 is 3.36. The van der Waals surface area contributed by atoms with Crippen LogP contribution in [0.3, 0.4) is 0 Å². The molecule has 92 valence electrons. The zero-order chi connectivity index (χ0) is 12.8. The van der Waals surface area contributed by atoms with E-state index in [1.54, 1.807) is 25.1 Å². The maximum atomic E-state index is 11.6. The molecule has 0 N–H and O–H groups in total. The van der Waals surface area contributed by atoms with Crippen LogP contribution in [-0.2, 0) is 16.0 Å². The average molecular weight is 299 g/mol. The highest BCUT2D eigenvalue weighted by atomic mass is 79.9. The fourth-order valence-electron chi connectivity index (χ4n) is 1.46. The van der Waals surface area contributed by atoms with Gasteiger partial charge in [0.1, 0.15) is 0 Å². The van der Waals surface area contributed by atoms with Crippen molar-refractivity contribution in [3.05, 3.63) is 33.8 Å². The Hall–Kier alpha value is -1.16. The monoisotopic (exact) mass is 298 g/mol. The third kappa shape index (κ3) is 3.97. The van der Waals surface area contributed by atoms with Crippen molar-refractivity contribution in [1.82, 2.24) is 0 Å². The first-order chi connectivity index (χ1) is 8.08. The first kappa shape index (κ1) is 13.9. The number of carbonyl (C=O) groups excluding carboxylic acids is 2. The van der Waals surface area contributed by atoms with Crippen LogP contribution in [0.15, 0.2) is 22.7 Å². The molecule has 1 aromatic carbocycles. The van der Waals surface area contributed by atoms with Gasteiger partial charge in [0.15, 0.2) is 5.78 Å². The summed E-state index contributed by atoms with van der Waals surface area (Å²) in [5.41, 5.74) is 1.41. The fraction of sp³-hybridized carbons (Fsp3) is 0.385. The highest BCUT2D eigenvalue weighted by molar-refractivity contribution is 9.10. The quantitative estimate of drug-likeness (QED) is 0.619. The lowest BCUT2D eigenvalue weighted by molar-refractivity contribution is -0.142. The van der Waals surface area contributed by atoms with Crippen LogP contribution >= 0.6 is 15.9 Å². The smallest absolute Gasteiger partial charge is 0.310 e. The third-order valence-corrected chi connectivity index (χ3v) is 3.10. The summed E-state index contributed by atoms with van der Waals surface area (Å²) in [5, 5.41) is 0. The van der Waals surface area contributed by atoms with Crippen LogP contribution in [0.1, 0.15) is 36.2 Å². The fourth-order valence-corrected chi connectivity index (χ4v) is 1.84. The standard InChI is InChI=1S/C13H15BrO3/c1-3-12(15)9-5-6-11(14)10(7-9)8-13(16)17-4-2/h5-7H,3-4,8H2,1-2H3. The van der Waals surface area contributed by atoms with Crippen LogP contribution in [0.2, 0.25) is 0 Å². The molecule has 0 amide bonds. The molecule has 4 heteroatoms. The van der Waals surface area contributed by atoms with Crippen LogP contribution in [-0.4, -0.2) is 18.4 Å². The maximum Gasteiger partial charge on any atom is 0.310 e. The summed E-state index contributed by atoms with van der Waals surface area (Å²) in [4.78, 5) is 22.9. The maximum absolute atomic E-state index is 11.6. The number of Topliss-reactive ketones (excluding diaryl/α,β-unsaturated/α-hetero) is 1. The van der Waals surface area contributed by atoms with Crippen molar-refractivity contribution in [3.63, 3.8) is 0 Å². The van der Waals surface area contributed by atoms with Crippen molar-refractivity contribution in [2.45, 2.75) is 26.7 Å². The Morgan fingerprint density at radius 3 is 2.59 bits per heavy atom. The molecule has 0 spiro atoms. The second-order valence-electron chi connectivity index (χ2n) is 3.56. The Morgan fingerprint density at radius 2 is 2.00 bits per heavy atom.